The number of methoxy groups -OCH3 is 1. The van der Waals surface area contributed by atoms with Gasteiger partial charge in [0.05, 0.1) is 17.7 Å². The Kier molecular flexibility index (Phi) is 7.07. The minimum atomic E-state index is -3.92. The molecule has 0 spiro atoms. The minimum Gasteiger partial charge on any atom is -0.496 e. The van der Waals surface area contributed by atoms with Gasteiger partial charge in [-0.05, 0) is 48.7 Å². The Morgan fingerprint density at radius 3 is 2.51 bits per heavy atom. The first-order valence-electron chi connectivity index (χ1n) is 11.1. The second kappa shape index (κ2) is 10.2. The van der Waals surface area contributed by atoms with Crippen molar-refractivity contribution >= 4 is 27.6 Å². The number of amides is 1. The largest absolute Gasteiger partial charge is 0.496 e. The van der Waals surface area contributed by atoms with Gasteiger partial charge in [0.1, 0.15) is 11.3 Å². The van der Waals surface area contributed by atoms with Crippen LogP contribution in [0.2, 0.25) is 0 Å². The fraction of sp³-hybridized carbons (Fsp3) is 0.231. The van der Waals surface area contributed by atoms with Gasteiger partial charge in [0, 0.05) is 13.1 Å². The van der Waals surface area contributed by atoms with Gasteiger partial charge in [-0.25, -0.2) is 13.2 Å². The molecule has 0 fully saturated rings. The average molecular weight is 495 g/mol. The number of nitrogens with zero attached hydrogens (tertiary/aromatic N) is 1. The summed E-state index contributed by atoms with van der Waals surface area (Å²) in [5, 5.41) is 2.69. The molecule has 4 rings (SSSR count). The van der Waals surface area contributed by atoms with Gasteiger partial charge in [-0.2, -0.15) is 0 Å². The van der Waals surface area contributed by atoms with Crippen LogP contribution in [0, 0.1) is 6.92 Å². The van der Waals surface area contributed by atoms with Crippen LogP contribution in [0.4, 0.5) is 5.69 Å². The topological polar surface area (TPSA) is 102 Å². The Labute approximate surface area is 204 Å². The van der Waals surface area contributed by atoms with E-state index >= 15 is 0 Å². The van der Waals surface area contributed by atoms with Crippen LogP contribution in [0.5, 0.6) is 5.75 Å². The van der Waals surface area contributed by atoms with Crippen molar-refractivity contribution in [3.8, 4) is 5.75 Å². The molecule has 0 saturated carbocycles. The second-order valence-corrected chi connectivity index (χ2v) is 10.0. The Hall–Kier alpha value is -3.85. The molecule has 1 amide bonds. The Bertz CT molecular complexity index is 1350. The van der Waals surface area contributed by atoms with Crippen LogP contribution in [0.3, 0.4) is 0 Å². The molecule has 1 aliphatic heterocycles. The number of hydrogen-bond acceptors (Lipinski definition) is 6. The fourth-order valence-corrected chi connectivity index (χ4v) is 5.39. The summed E-state index contributed by atoms with van der Waals surface area (Å²) in [6, 6.07) is 19.0. The van der Waals surface area contributed by atoms with Crippen molar-refractivity contribution < 1.29 is 27.5 Å². The normalized spacial score (nSPS) is 12.7. The van der Waals surface area contributed by atoms with Crippen molar-refractivity contribution in [2.24, 2.45) is 0 Å². The first kappa shape index (κ1) is 24.3. The summed E-state index contributed by atoms with van der Waals surface area (Å²) >= 11 is 0. The number of hydrogen-bond donors (Lipinski definition) is 1. The molecule has 35 heavy (non-hydrogen) atoms. The maximum atomic E-state index is 13.3. The molecule has 1 heterocycles. The van der Waals surface area contributed by atoms with E-state index < -0.39 is 28.5 Å². The number of fused-ring (bicyclic) bond motifs is 1. The summed E-state index contributed by atoms with van der Waals surface area (Å²) in [5.74, 6) is -1.18. The van der Waals surface area contributed by atoms with Crippen LogP contribution in [-0.2, 0) is 32.5 Å². The maximum absolute atomic E-state index is 13.3. The standard InChI is InChI=1S/C26H26N2O6S/c1-18-7-9-19(10-8-18)16-27-25(29)17-34-26(30)22-15-21(11-12-24(22)33-2)35(31,32)28-14-13-20-5-3-4-6-23(20)28/h3-12,15H,13-14,16-17H2,1-2H3,(H,27,29). The van der Waals surface area contributed by atoms with Crippen LogP contribution >= 0.6 is 0 Å². The van der Waals surface area contributed by atoms with Crippen molar-refractivity contribution in [1.29, 1.82) is 0 Å². The Morgan fingerprint density at radius 1 is 1.03 bits per heavy atom. The number of carbonyl (C=O) groups excluding carboxylic acids is 2. The van der Waals surface area contributed by atoms with Gasteiger partial charge in [0.25, 0.3) is 15.9 Å². The number of ether oxygens (including phenoxy) is 2. The van der Waals surface area contributed by atoms with Crippen molar-refractivity contribution in [2.75, 3.05) is 24.6 Å². The van der Waals surface area contributed by atoms with E-state index in [1.165, 1.54) is 29.6 Å². The molecule has 182 valence electrons. The molecule has 9 heteroatoms. The highest BCUT2D eigenvalue weighted by molar-refractivity contribution is 7.92. The van der Waals surface area contributed by atoms with Crippen molar-refractivity contribution in [2.45, 2.75) is 24.8 Å². The first-order chi connectivity index (χ1) is 16.8. The monoisotopic (exact) mass is 494 g/mol. The third kappa shape index (κ3) is 5.30. The zero-order valence-electron chi connectivity index (χ0n) is 19.5. The highest BCUT2D eigenvalue weighted by Crippen LogP contribution is 2.34. The van der Waals surface area contributed by atoms with E-state index in [0.29, 0.717) is 25.2 Å². The number of para-hydroxylation sites is 1. The quantitative estimate of drug-likeness (QED) is 0.483. The van der Waals surface area contributed by atoms with Gasteiger partial charge in [0.15, 0.2) is 6.61 Å². The zero-order chi connectivity index (χ0) is 25.0. The van der Waals surface area contributed by atoms with Crippen LogP contribution in [-0.4, -0.2) is 40.6 Å². The SMILES string of the molecule is COc1ccc(S(=O)(=O)N2CCc3ccccc32)cc1C(=O)OCC(=O)NCc1ccc(C)cc1. The van der Waals surface area contributed by atoms with Gasteiger partial charge < -0.3 is 14.8 Å². The Balaban J connectivity index is 1.46. The molecule has 0 unspecified atom stereocenters. The third-order valence-electron chi connectivity index (χ3n) is 5.77. The number of carbonyl (C=O) groups is 2. The average Bonchev–Trinajstić information content (AvgIpc) is 3.31. The van der Waals surface area contributed by atoms with E-state index in [1.807, 2.05) is 43.3 Å². The molecule has 0 atom stereocenters. The summed E-state index contributed by atoms with van der Waals surface area (Å²) in [7, 11) is -2.55. The van der Waals surface area contributed by atoms with E-state index in [9.17, 15) is 18.0 Å². The predicted molar refractivity (Wildman–Crippen MR) is 131 cm³/mol. The predicted octanol–water partition coefficient (Wildman–Crippen LogP) is 3.23. The van der Waals surface area contributed by atoms with E-state index in [1.54, 1.807) is 12.1 Å². The van der Waals surface area contributed by atoms with E-state index in [4.69, 9.17) is 9.47 Å². The molecule has 0 bridgehead atoms. The summed E-state index contributed by atoms with van der Waals surface area (Å²) in [4.78, 5) is 24.9. The number of rotatable bonds is 8. The van der Waals surface area contributed by atoms with Crippen molar-refractivity contribution in [1.82, 2.24) is 5.32 Å². The number of esters is 1. The summed E-state index contributed by atoms with van der Waals surface area (Å²) < 4.78 is 38.4. The lowest BCUT2D eigenvalue weighted by atomic mass is 10.1. The van der Waals surface area contributed by atoms with Crippen molar-refractivity contribution in [3.63, 3.8) is 0 Å². The lowest BCUT2D eigenvalue weighted by Gasteiger charge is -2.20. The third-order valence-corrected chi connectivity index (χ3v) is 7.58. The fourth-order valence-electron chi connectivity index (χ4n) is 3.86. The number of sulfonamides is 1. The van der Waals surface area contributed by atoms with Crippen LogP contribution in [0.1, 0.15) is 27.0 Å². The molecule has 0 aromatic heterocycles. The molecule has 8 nitrogen and oxygen atoms in total. The van der Waals surface area contributed by atoms with Crippen LogP contribution in [0.15, 0.2) is 71.6 Å². The van der Waals surface area contributed by atoms with Crippen molar-refractivity contribution in [3.05, 3.63) is 89.0 Å². The van der Waals surface area contributed by atoms with Gasteiger partial charge >= 0.3 is 5.97 Å². The van der Waals surface area contributed by atoms with Gasteiger partial charge in [-0.15, -0.1) is 0 Å². The highest BCUT2D eigenvalue weighted by Gasteiger charge is 2.31. The van der Waals surface area contributed by atoms with Crippen LogP contribution in [0.25, 0.3) is 0 Å². The molecule has 3 aromatic carbocycles. The number of aryl methyl sites for hydroxylation is 1. The maximum Gasteiger partial charge on any atom is 0.342 e. The molecule has 1 N–H and O–H groups in total. The van der Waals surface area contributed by atoms with Gasteiger partial charge in [0.2, 0.25) is 0 Å². The zero-order valence-corrected chi connectivity index (χ0v) is 20.3. The molecule has 0 aliphatic carbocycles. The second-order valence-electron chi connectivity index (χ2n) is 8.16. The molecule has 0 radical (unpaired) electrons. The van der Waals surface area contributed by atoms with Gasteiger partial charge in [-0.3, -0.25) is 9.10 Å². The summed E-state index contributed by atoms with van der Waals surface area (Å²) in [5.41, 5.74) is 3.52. The molecule has 3 aromatic rings. The van der Waals surface area contributed by atoms with Gasteiger partial charge in [-0.1, -0.05) is 48.0 Å². The number of anilines is 1. The van der Waals surface area contributed by atoms with E-state index in [2.05, 4.69) is 5.32 Å². The summed E-state index contributed by atoms with van der Waals surface area (Å²) in [6.07, 6.45) is 0.609. The molecular weight excluding hydrogens is 468 g/mol. The molecule has 1 aliphatic rings. The first-order valence-corrected chi connectivity index (χ1v) is 12.5. The molecule has 0 saturated heterocycles. The Morgan fingerprint density at radius 2 is 1.77 bits per heavy atom. The van der Waals surface area contributed by atoms with E-state index in [-0.39, 0.29) is 16.2 Å². The smallest absolute Gasteiger partial charge is 0.342 e. The summed E-state index contributed by atoms with van der Waals surface area (Å²) in [6.45, 7) is 2.07. The number of nitrogens with one attached hydrogen (secondary N) is 1. The number of benzene rings is 3. The van der Waals surface area contributed by atoms with E-state index in [0.717, 1.165) is 16.7 Å². The highest BCUT2D eigenvalue weighted by atomic mass is 32.2. The van der Waals surface area contributed by atoms with Crippen LogP contribution < -0.4 is 14.4 Å². The minimum absolute atomic E-state index is 0.0641. The lowest BCUT2D eigenvalue weighted by molar-refractivity contribution is -0.124. The lowest BCUT2D eigenvalue weighted by Crippen LogP contribution is -2.30. The molecular formula is C26H26N2O6S.